The number of ether oxygens (including phenoxy) is 1. The first-order chi connectivity index (χ1) is 26.7. The third kappa shape index (κ3) is 7.58. The number of rotatable bonds is 8. The molecule has 56 heavy (non-hydrogen) atoms. The first-order valence-corrected chi connectivity index (χ1v) is 18.5. The molecule has 1 aromatic carbocycles. The monoisotopic (exact) mass is 786 g/mol. The maximum Gasteiger partial charge on any atom is 0.490 e. The second-order valence-corrected chi connectivity index (χ2v) is 14.6. The summed E-state index contributed by atoms with van der Waals surface area (Å²) in [6, 6.07) is 7.97. The van der Waals surface area contributed by atoms with Gasteiger partial charge in [-0.25, -0.2) is 33.0 Å². The molecule has 14 nitrogen and oxygen atoms in total. The molecule has 1 spiro atoms. The van der Waals surface area contributed by atoms with E-state index in [-0.39, 0.29) is 24.6 Å². The summed E-state index contributed by atoms with van der Waals surface area (Å²) in [5.41, 5.74) is 4.63. The molecule has 2 atom stereocenters. The van der Waals surface area contributed by atoms with Gasteiger partial charge in [0.25, 0.3) is 11.8 Å². The summed E-state index contributed by atoms with van der Waals surface area (Å²) in [7, 11) is 3.49. The minimum atomic E-state index is -5.08. The fourth-order valence-corrected chi connectivity index (χ4v) is 8.04. The highest BCUT2D eigenvalue weighted by molar-refractivity contribution is 5.94. The maximum atomic E-state index is 15.4. The summed E-state index contributed by atoms with van der Waals surface area (Å²) in [5, 5.41) is 21.5. The van der Waals surface area contributed by atoms with Gasteiger partial charge >= 0.3 is 12.1 Å². The van der Waals surface area contributed by atoms with Crippen molar-refractivity contribution in [2.45, 2.75) is 69.3 Å². The number of hydrogen-bond donors (Lipinski definition) is 4. The van der Waals surface area contributed by atoms with Gasteiger partial charge in [0.15, 0.2) is 23.0 Å². The van der Waals surface area contributed by atoms with Crippen LogP contribution in [0.2, 0.25) is 0 Å². The summed E-state index contributed by atoms with van der Waals surface area (Å²) < 4.78 is 69.5. The van der Waals surface area contributed by atoms with E-state index in [0.717, 1.165) is 47.3 Å². The Balaban J connectivity index is 0.000000629. The van der Waals surface area contributed by atoms with Crippen molar-refractivity contribution in [3.05, 3.63) is 59.7 Å². The molecule has 4 aromatic rings. The van der Waals surface area contributed by atoms with Gasteiger partial charge in [-0.05, 0) is 69.8 Å². The van der Waals surface area contributed by atoms with Crippen LogP contribution in [0.3, 0.4) is 0 Å². The van der Waals surface area contributed by atoms with Crippen molar-refractivity contribution >= 4 is 34.7 Å². The second kappa shape index (κ2) is 15.5. The van der Waals surface area contributed by atoms with E-state index in [9.17, 15) is 18.0 Å². The van der Waals surface area contributed by atoms with E-state index in [1.165, 1.54) is 0 Å². The van der Waals surface area contributed by atoms with Crippen LogP contribution in [0.1, 0.15) is 53.7 Å². The minimum Gasteiger partial charge on any atom is -0.475 e. The molecule has 3 fully saturated rings. The molecular formula is C37H43F5N10O4. The molecule has 6 heterocycles. The fraction of sp³-hybridized carbons (Fsp3) is 0.514. The van der Waals surface area contributed by atoms with Gasteiger partial charge < -0.3 is 30.7 Å². The summed E-state index contributed by atoms with van der Waals surface area (Å²) in [6.45, 7) is 2.82. The second-order valence-electron chi connectivity index (χ2n) is 14.6. The van der Waals surface area contributed by atoms with Crippen molar-refractivity contribution in [2.24, 2.45) is 5.41 Å². The van der Waals surface area contributed by atoms with Crippen molar-refractivity contribution in [3.8, 4) is 11.4 Å². The molecule has 3 aliphatic heterocycles. The number of aliphatic carboxylic acids is 1. The highest BCUT2D eigenvalue weighted by Crippen LogP contribution is 2.50. The van der Waals surface area contributed by atoms with Crippen LogP contribution in [0, 0.1) is 5.41 Å². The Morgan fingerprint density at radius 2 is 1.79 bits per heavy atom. The number of methoxy groups -OCH3 is 1. The molecule has 0 radical (unpaired) electrons. The van der Waals surface area contributed by atoms with Crippen LogP contribution in [0.5, 0.6) is 0 Å². The van der Waals surface area contributed by atoms with E-state index in [1.807, 2.05) is 30.1 Å². The number of benzene rings is 1. The van der Waals surface area contributed by atoms with Gasteiger partial charge in [0.1, 0.15) is 0 Å². The normalized spacial score (nSPS) is 21.5. The third-order valence-electron chi connectivity index (χ3n) is 11.4. The molecule has 1 amide bonds. The molecular weight excluding hydrogens is 743 g/mol. The predicted molar refractivity (Wildman–Crippen MR) is 195 cm³/mol. The van der Waals surface area contributed by atoms with E-state index < -0.39 is 23.5 Å². The van der Waals surface area contributed by atoms with Crippen LogP contribution in [-0.4, -0.2) is 118 Å². The Bertz CT molecular complexity index is 2070. The quantitative estimate of drug-likeness (QED) is 0.183. The number of nitrogens with zero attached hydrogens (tertiary/aromatic N) is 7. The Labute approximate surface area is 318 Å². The van der Waals surface area contributed by atoms with Gasteiger partial charge in [0.2, 0.25) is 0 Å². The average Bonchev–Trinajstić information content (AvgIpc) is 3.80. The molecule has 19 heteroatoms. The molecule has 2 saturated heterocycles. The molecule has 1 saturated carbocycles. The van der Waals surface area contributed by atoms with Gasteiger partial charge in [-0.2, -0.15) is 13.2 Å². The van der Waals surface area contributed by atoms with Gasteiger partial charge in [-0.1, -0.05) is 12.1 Å². The van der Waals surface area contributed by atoms with Crippen molar-refractivity contribution in [1.29, 1.82) is 0 Å². The Morgan fingerprint density at radius 3 is 2.41 bits per heavy atom. The zero-order valence-electron chi connectivity index (χ0n) is 30.9. The minimum absolute atomic E-state index is 0.0182. The number of anilines is 3. The zero-order valence-corrected chi connectivity index (χ0v) is 30.9. The molecule has 4 N–H and O–H groups in total. The third-order valence-corrected chi connectivity index (χ3v) is 11.4. The number of likely N-dealkylation sites (tertiary alicyclic amines) is 1. The number of hydrogen-bond acceptors (Lipinski definition) is 11. The molecule has 4 aliphatic rings. The standard InChI is InChI=1S/C35H42F2N10O2.C2HF3O2/c1-38-26-16-30(44-47-28(19-42-32(26)47)33(48)43-25-6-7-29(25)49-2)46-14-8-23-24(4-3-5-27(23)46)31-40-17-22(18-41-31)20-45-15-11-34(35(36,37)21-45)9-12-39-13-10-34;3-2(4,5)1(6)7/h3-5,16-19,25,29,38-39H,6-15,20-21H2,1-2H3,(H,43,48);(H,6,7)/t25-,29-;/m1./s1. The van der Waals surface area contributed by atoms with E-state index in [0.29, 0.717) is 75.0 Å². The number of carbonyl (C=O) groups excluding carboxylic acids is 1. The van der Waals surface area contributed by atoms with Gasteiger partial charge in [0.05, 0.1) is 30.6 Å². The first-order valence-electron chi connectivity index (χ1n) is 18.5. The van der Waals surface area contributed by atoms with E-state index in [4.69, 9.17) is 29.7 Å². The number of carbonyl (C=O) groups is 2. The largest absolute Gasteiger partial charge is 0.490 e. The number of piperidine rings is 2. The number of alkyl halides is 5. The first kappa shape index (κ1) is 39.2. The number of carboxylic acid groups (broad SMARTS) is 1. The topological polar surface area (TPSA) is 162 Å². The summed E-state index contributed by atoms with van der Waals surface area (Å²) in [5.74, 6) is -4.44. The van der Waals surface area contributed by atoms with Crippen molar-refractivity contribution in [2.75, 3.05) is 57.1 Å². The Kier molecular flexibility index (Phi) is 10.9. The van der Waals surface area contributed by atoms with Crippen LogP contribution in [0.15, 0.2) is 42.9 Å². The average molecular weight is 787 g/mol. The van der Waals surface area contributed by atoms with Gasteiger partial charge in [-0.3, -0.25) is 9.69 Å². The van der Waals surface area contributed by atoms with Crippen LogP contribution in [0.25, 0.3) is 17.0 Å². The Morgan fingerprint density at radius 1 is 1.05 bits per heavy atom. The Hall–Kier alpha value is -5.01. The number of amides is 1. The summed E-state index contributed by atoms with van der Waals surface area (Å²) in [4.78, 5) is 40.1. The number of fused-ring (bicyclic) bond motifs is 2. The van der Waals surface area contributed by atoms with E-state index in [2.05, 4.69) is 31.9 Å². The van der Waals surface area contributed by atoms with E-state index >= 15 is 8.78 Å². The number of imidazole rings is 1. The lowest BCUT2D eigenvalue weighted by Crippen LogP contribution is -2.58. The highest BCUT2D eigenvalue weighted by atomic mass is 19.4. The maximum absolute atomic E-state index is 15.4. The van der Waals surface area contributed by atoms with Crippen LogP contribution >= 0.6 is 0 Å². The van der Waals surface area contributed by atoms with Crippen LogP contribution in [-0.2, 0) is 22.5 Å². The zero-order chi connectivity index (χ0) is 39.8. The molecule has 3 aromatic heterocycles. The fourth-order valence-electron chi connectivity index (χ4n) is 8.04. The predicted octanol–water partition coefficient (Wildman–Crippen LogP) is 4.67. The van der Waals surface area contributed by atoms with Gasteiger partial charge in [-0.15, -0.1) is 5.10 Å². The lowest BCUT2D eigenvalue weighted by Gasteiger charge is -2.49. The SMILES string of the molecule is CNc1cc(N2CCc3c(-c4ncc(CN5CCC6(CCNCC6)C(F)(F)C5)cn4)cccc32)nn2c(C(=O)N[C@@H]3CC[C@H]3OC)cnc12.O=C(O)C(F)(F)F. The van der Waals surface area contributed by atoms with Crippen LogP contribution in [0.4, 0.5) is 39.1 Å². The summed E-state index contributed by atoms with van der Waals surface area (Å²) >= 11 is 0. The number of aromatic nitrogens is 5. The molecule has 0 bridgehead atoms. The lowest BCUT2D eigenvalue weighted by molar-refractivity contribution is -0.192. The van der Waals surface area contributed by atoms with Crippen LogP contribution < -0.4 is 20.9 Å². The molecule has 0 unspecified atom stereocenters. The van der Waals surface area contributed by atoms with Crippen molar-refractivity contribution in [3.63, 3.8) is 0 Å². The lowest BCUT2D eigenvalue weighted by atomic mass is 9.69. The van der Waals surface area contributed by atoms with Crippen molar-refractivity contribution in [1.82, 2.24) is 40.1 Å². The van der Waals surface area contributed by atoms with Crippen molar-refractivity contribution < 1.29 is 41.4 Å². The number of nitrogens with one attached hydrogen (secondary N) is 3. The van der Waals surface area contributed by atoms with E-state index in [1.54, 1.807) is 30.2 Å². The highest BCUT2D eigenvalue weighted by Gasteiger charge is 2.56. The smallest absolute Gasteiger partial charge is 0.475 e. The number of carboxylic acids is 1. The molecule has 1 aliphatic carbocycles. The van der Waals surface area contributed by atoms with Gasteiger partial charge in [0, 0.05) is 67.9 Å². The summed E-state index contributed by atoms with van der Waals surface area (Å²) in [6.07, 6.45) is 4.14. The molecule has 300 valence electrons. The molecule has 8 rings (SSSR count). The number of halogens is 5.